The van der Waals surface area contributed by atoms with Crippen LogP contribution in [0, 0.1) is 26.7 Å². The number of piperidine rings is 1. The number of nitrogens with one attached hydrogen (secondary N) is 2. The summed E-state index contributed by atoms with van der Waals surface area (Å²) < 4.78 is 0. The maximum Gasteiger partial charge on any atom is 0.0372 e. The quantitative estimate of drug-likeness (QED) is 0.850. The molecule has 0 amide bonds. The van der Waals surface area contributed by atoms with Gasteiger partial charge in [0.25, 0.3) is 0 Å². The number of anilines is 1. The first kappa shape index (κ1) is 13.4. The van der Waals surface area contributed by atoms with Gasteiger partial charge in [0.05, 0.1) is 0 Å². The molecule has 1 heterocycles. The zero-order valence-electron chi connectivity index (χ0n) is 12.0. The summed E-state index contributed by atoms with van der Waals surface area (Å²) >= 11 is 0. The van der Waals surface area contributed by atoms with E-state index in [0.29, 0.717) is 0 Å². The summed E-state index contributed by atoms with van der Waals surface area (Å²) in [6, 6.07) is 4.56. The van der Waals surface area contributed by atoms with Crippen LogP contribution in [-0.4, -0.2) is 19.6 Å². The van der Waals surface area contributed by atoms with E-state index in [1.165, 1.54) is 54.7 Å². The Morgan fingerprint density at radius 1 is 1.17 bits per heavy atom. The van der Waals surface area contributed by atoms with E-state index < -0.39 is 0 Å². The first-order valence-corrected chi connectivity index (χ1v) is 7.19. The van der Waals surface area contributed by atoms with Gasteiger partial charge in [-0.25, -0.2) is 0 Å². The molecule has 2 heteroatoms. The molecule has 100 valence electrons. The van der Waals surface area contributed by atoms with Crippen LogP contribution in [0.4, 0.5) is 5.69 Å². The van der Waals surface area contributed by atoms with E-state index in [2.05, 4.69) is 43.5 Å². The highest BCUT2D eigenvalue weighted by Gasteiger charge is 2.12. The van der Waals surface area contributed by atoms with Gasteiger partial charge in [0.2, 0.25) is 0 Å². The van der Waals surface area contributed by atoms with E-state index in [1.54, 1.807) is 0 Å². The van der Waals surface area contributed by atoms with Gasteiger partial charge < -0.3 is 10.6 Å². The molecule has 1 saturated heterocycles. The zero-order valence-corrected chi connectivity index (χ0v) is 12.0. The van der Waals surface area contributed by atoms with Crippen LogP contribution < -0.4 is 10.6 Å². The molecule has 1 aliphatic heterocycles. The van der Waals surface area contributed by atoms with Gasteiger partial charge in [-0.2, -0.15) is 0 Å². The van der Waals surface area contributed by atoms with Gasteiger partial charge in [0, 0.05) is 12.2 Å². The predicted molar refractivity (Wildman–Crippen MR) is 79.4 cm³/mol. The molecule has 1 atom stereocenters. The van der Waals surface area contributed by atoms with Crippen molar-refractivity contribution in [2.75, 3.05) is 25.0 Å². The minimum Gasteiger partial charge on any atom is -0.385 e. The molecule has 2 N–H and O–H groups in total. The number of rotatable bonds is 4. The van der Waals surface area contributed by atoms with Crippen molar-refractivity contribution in [1.29, 1.82) is 0 Å². The van der Waals surface area contributed by atoms with Crippen molar-refractivity contribution in [3.05, 3.63) is 28.8 Å². The third-order valence-electron chi connectivity index (χ3n) is 4.11. The molecule has 0 bridgehead atoms. The van der Waals surface area contributed by atoms with E-state index in [1.807, 2.05) is 0 Å². The van der Waals surface area contributed by atoms with Gasteiger partial charge in [0.15, 0.2) is 0 Å². The molecule has 1 aromatic carbocycles. The molecule has 1 aliphatic rings. The Bertz CT molecular complexity index is 392. The van der Waals surface area contributed by atoms with Gasteiger partial charge in [-0.05, 0) is 81.8 Å². The second kappa shape index (κ2) is 6.24. The second-order valence-electron chi connectivity index (χ2n) is 5.68. The average molecular weight is 246 g/mol. The largest absolute Gasteiger partial charge is 0.385 e. The zero-order chi connectivity index (χ0) is 13.0. The topological polar surface area (TPSA) is 24.1 Å². The fourth-order valence-corrected chi connectivity index (χ4v) is 2.73. The highest BCUT2D eigenvalue weighted by Crippen LogP contribution is 2.21. The summed E-state index contributed by atoms with van der Waals surface area (Å²) in [5, 5.41) is 7.08. The van der Waals surface area contributed by atoms with Gasteiger partial charge in [0.1, 0.15) is 0 Å². The average Bonchev–Trinajstić information content (AvgIpc) is 2.37. The Hall–Kier alpha value is -1.02. The second-order valence-corrected chi connectivity index (χ2v) is 5.68. The third kappa shape index (κ3) is 3.49. The molecule has 1 unspecified atom stereocenters. The molecule has 0 radical (unpaired) electrons. The first-order chi connectivity index (χ1) is 8.66. The molecular weight excluding hydrogens is 220 g/mol. The highest BCUT2D eigenvalue weighted by atomic mass is 14.9. The van der Waals surface area contributed by atoms with Gasteiger partial charge >= 0.3 is 0 Å². The van der Waals surface area contributed by atoms with Crippen LogP contribution in [0.3, 0.4) is 0 Å². The molecule has 0 aliphatic carbocycles. The van der Waals surface area contributed by atoms with Crippen molar-refractivity contribution in [1.82, 2.24) is 5.32 Å². The predicted octanol–water partition coefficient (Wildman–Crippen LogP) is 3.41. The lowest BCUT2D eigenvalue weighted by atomic mass is 9.96. The monoisotopic (exact) mass is 246 g/mol. The van der Waals surface area contributed by atoms with Crippen LogP contribution in [0.2, 0.25) is 0 Å². The van der Waals surface area contributed by atoms with Crippen molar-refractivity contribution in [2.45, 2.75) is 40.0 Å². The summed E-state index contributed by atoms with van der Waals surface area (Å²) in [4.78, 5) is 0. The lowest BCUT2D eigenvalue weighted by Crippen LogP contribution is -2.30. The molecule has 1 fully saturated rings. The standard InChI is InChI=1S/C16H26N2/c1-12-9-14(3)16(10-13(12)2)18-8-6-15-5-4-7-17-11-15/h9-10,15,17-18H,4-8,11H2,1-3H3. The minimum atomic E-state index is 0.859. The Kier molecular flexibility index (Phi) is 4.65. The Morgan fingerprint density at radius 3 is 2.67 bits per heavy atom. The smallest absolute Gasteiger partial charge is 0.0372 e. The molecule has 0 aromatic heterocycles. The Morgan fingerprint density at radius 2 is 1.94 bits per heavy atom. The highest BCUT2D eigenvalue weighted by molar-refractivity contribution is 5.54. The lowest BCUT2D eigenvalue weighted by Gasteiger charge is -2.23. The number of benzene rings is 1. The third-order valence-corrected chi connectivity index (χ3v) is 4.11. The van der Waals surface area contributed by atoms with E-state index in [9.17, 15) is 0 Å². The number of hydrogen-bond acceptors (Lipinski definition) is 2. The maximum atomic E-state index is 3.60. The molecule has 0 saturated carbocycles. The van der Waals surface area contributed by atoms with E-state index >= 15 is 0 Å². The fourth-order valence-electron chi connectivity index (χ4n) is 2.73. The van der Waals surface area contributed by atoms with Crippen molar-refractivity contribution < 1.29 is 0 Å². The summed E-state index contributed by atoms with van der Waals surface area (Å²) in [5.41, 5.74) is 5.43. The maximum absolute atomic E-state index is 3.60. The summed E-state index contributed by atoms with van der Waals surface area (Å²) in [6.07, 6.45) is 4.01. The molecule has 0 spiro atoms. The van der Waals surface area contributed by atoms with Gasteiger partial charge in [-0.15, -0.1) is 0 Å². The van der Waals surface area contributed by atoms with Crippen LogP contribution in [-0.2, 0) is 0 Å². The molecule has 2 nitrogen and oxygen atoms in total. The van der Waals surface area contributed by atoms with Gasteiger partial charge in [-0.1, -0.05) is 6.07 Å². The van der Waals surface area contributed by atoms with Crippen LogP contribution in [0.1, 0.15) is 36.0 Å². The van der Waals surface area contributed by atoms with Crippen molar-refractivity contribution in [3.63, 3.8) is 0 Å². The van der Waals surface area contributed by atoms with Crippen LogP contribution in [0.5, 0.6) is 0 Å². The van der Waals surface area contributed by atoms with Gasteiger partial charge in [-0.3, -0.25) is 0 Å². The minimum absolute atomic E-state index is 0.859. The Labute approximate surface area is 111 Å². The Balaban J connectivity index is 1.84. The van der Waals surface area contributed by atoms with Crippen LogP contribution in [0.25, 0.3) is 0 Å². The van der Waals surface area contributed by atoms with Crippen LogP contribution >= 0.6 is 0 Å². The van der Waals surface area contributed by atoms with Crippen LogP contribution in [0.15, 0.2) is 12.1 Å². The molecular formula is C16H26N2. The number of hydrogen-bond donors (Lipinski definition) is 2. The van der Waals surface area contributed by atoms with E-state index in [-0.39, 0.29) is 0 Å². The summed E-state index contributed by atoms with van der Waals surface area (Å²) in [7, 11) is 0. The van der Waals surface area contributed by atoms with E-state index in [4.69, 9.17) is 0 Å². The fraction of sp³-hybridized carbons (Fsp3) is 0.625. The van der Waals surface area contributed by atoms with E-state index in [0.717, 1.165) is 12.5 Å². The normalized spacial score (nSPS) is 19.8. The summed E-state index contributed by atoms with van der Waals surface area (Å²) in [6.45, 7) is 10.1. The van der Waals surface area contributed by atoms with Crippen molar-refractivity contribution in [2.24, 2.45) is 5.92 Å². The lowest BCUT2D eigenvalue weighted by molar-refractivity contribution is 0.364. The molecule has 2 rings (SSSR count). The van der Waals surface area contributed by atoms with Crippen molar-refractivity contribution in [3.8, 4) is 0 Å². The molecule has 1 aromatic rings. The first-order valence-electron chi connectivity index (χ1n) is 7.19. The molecule has 18 heavy (non-hydrogen) atoms. The SMILES string of the molecule is Cc1cc(C)c(NCCC2CCCNC2)cc1C. The number of aryl methyl sites for hydroxylation is 3. The summed E-state index contributed by atoms with van der Waals surface area (Å²) in [5.74, 6) is 0.859. The van der Waals surface area contributed by atoms with Crippen molar-refractivity contribution >= 4 is 5.69 Å².